The third-order valence-corrected chi connectivity index (χ3v) is 3.05. The third-order valence-electron chi connectivity index (χ3n) is 2.63. The van der Waals surface area contributed by atoms with Crippen LogP contribution in [0.25, 0.3) is 0 Å². The van der Waals surface area contributed by atoms with E-state index < -0.39 is 0 Å². The Morgan fingerprint density at radius 3 is 2.68 bits per heavy atom. The Labute approximate surface area is 121 Å². The standard InChI is InChI=1S/C15H24ClNO2/c1-12(2)18-9-4-7-17-8-10-19-14-5-6-15(16)13(3)11-14/h5-6,11-12,17H,4,7-10H2,1-3H3. The summed E-state index contributed by atoms with van der Waals surface area (Å²) in [6.45, 7) is 9.33. The Hall–Kier alpha value is -0.770. The summed E-state index contributed by atoms with van der Waals surface area (Å²) in [6, 6.07) is 5.72. The van der Waals surface area contributed by atoms with Crippen molar-refractivity contribution in [2.45, 2.75) is 33.3 Å². The molecule has 1 aromatic rings. The van der Waals surface area contributed by atoms with Crippen LogP contribution in [-0.2, 0) is 4.74 Å². The van der Waals surface area contributed by atoms with E-state index in [2.05, 4.69) is 19.2 Å². The van der Waals surface area contributed by atoms with Crippen molar-refractivity contribution in [1.82, 2.24) is 5.32 Å². The number of benzene rings is 1. The van der Waals surface area contributed by atoms with Gasteiger partial charge in [-0.05, 0) is 57.5 Å². The summed E-state index contributed by atoms with van der Waals surface area (Å²) < 4.78 is 11.1. The Morgan fingerprint density at radius 2 is 2.00 bits per heavy atom. The second-order valence-electron chi connectivity index (χ2n) is 4.78. The average molecular weight is 286 g/mol. The van der Waals surface area contributed by atoms with Gasteiger partial charge in [0.2, 0.25) is 0 Å². The summed E-state index contributed by atoms with van der Waals surface area (Å²) >= 11 is 5.96. The summed E-state index contributed by atoms with van der Waals surface area (Å²) in [6.07, 6.45) is 1.34. The number of aryl methyl sites for hydroxylation is 1. The first-order valence-corrected chi connectivity index (χ1v) is 7.18. The molecule has 0 amide bonds. The van der Waals surface area contributed by atoms with Crippen molar-refractivity contribution < 1.29 is 9.47 Å². The van der Waals surface area contributed by atoms with Gasteiger partial charge in [-0.2, -0.15) is 0 Å². The molecule has 0 atom stereocenters. The molecule has 0 unspecified atom stereocenters. The monoisotopic (exact) mass is 285 g/mol. The lowest BCUT2D eigenvalue weighted by Gasteiger charge is -2.10. The second kappa shape index (κ2) is 9.18. The second-order valence-corrected chi connectivity index (χ2v) is 5.19. The van der Waals surface area contributed by atoms with Crippen LogP contribution in [0.3, 0.4) is 0 Å². The molecule has 0 saturated heterocycles. The van der Waals surface area contributed by atoms with Gasteiger partial charge in [0.25, 0.3) is 0 Å². The highest BCUT2D eigenvalue weighted by molar-refractivity contribution is 6.31. The van der Waals surface area contributed by atoms with Crippen molar-refractivity contribution in [3.8, 4) is 5.75 Å². The summed E-state index contributed by atoms with van der Waals surface area (Å²) in [5.41, 5.74) is 1.04. The van der Waals surface area contributed by atoms with E-state index in [1.54, 1.807) is 0 Å². The number of ether oxygens (including phenoxy) is 2. The topological polar surface area (TPSA) is 30.5 Å². The van der Waals surface area contributed by atoms with Crippen molar-refractivity contribution in [3.63, 3.8) is 0 Å². The number of hydrogen-bond acceptors (Lipinski definition) is 3. The third kappa shape index (κ3) is 7.41. The Kier molecular flexibility index (Phi) is 7.87. The van der Waals surface area contributed by atoms with Gasteiger partial charge in [0, 0.05) is 18.2 Å². The zero-order valence-electron chi connectivity index (χ0n) is 12.0. The first-order chi connectivity index (χ1) is 9.09. The fourth-order valence-electron chi connectivity index (χ4n) is 1.59. The van der Waals surface area contributed by atoms with Crippen LogP contribution in [0.5, 0.6) is 5.75 Å². The van der Waals surface area contributed by atoms with E-state index in [0.29, 0.717) is 12.7 Å². The van der Waals surface area contributed by atoms with Crippen LogP contribution in [0.4, 0.5) is 0 Å². The molecule has 1 aromatic carbocycles. The zero-order valence-corrected chi connectivity index (χ0v) is 12.8. The van der Waals surface area contributed by atoms with Crippen molar-refractivity contribution in [2.24, 2.45) is 0 Å². The molecule has 0 radical (unpaired) electrons. The molecular weight excluding hydrogens is 262 g/mol. The normalized spacial score (nSPS) is 11.0. The SMILES string of the molecule is Cc1cc(OCCNCCCOC(C)C)ccc1Cl. The van der Waals surface area contributed by atoms with Crippen LogP contribution in [0.2, 0.25) is 5.02 Å². The Morgan fingerprint density at radius 1 is 1.21 bits per heavy atom. The quantitative estimate of drug-likeness (QED) is 0.705. The van der Waals surface area contributed by atoms with Crippen LogP contribution in [0.1, 0.15) is 25.8 Å². The average Bonchev–Trinajstić information content (AvgIpc) is 2.36. The predicted molar refractivity (Wildman–Crippen MR) is 80.3 cm³/mol. The van der Waals surface area contributed by atoms with E-state index >= 15 is 0 Å². The molecule has 0 fully saturated rings. The van der Waals surface area contributed by atoms with Crippen LogP contribution >= 0.6 is 11.6 Å². The van der Waals surface area contributed by atoms with Crippen molar-refractivity contribution in [3.05, 3.63) is 28.8 Å². The molecule has 0 aliphatic carbocycles. The summed E-state index contributed by atoms with van der Waals surface area (Å²) in [5.74, 6) is 0.867. The maximum absolute atomic E-state index is 5.96. The minimum absolute atomic E-state index is 0.316. The van der Waals surface area contributed by atoms with Crippen molar-refractivity contribution in [2.75, 3.05) is 26.3 Å². The van der Waals surface area contributed by atoms with Crippen LogP contribution in [0, 0.1) is 6.92 Å². The number of rotatable bonds is 9. The lowest BCUT2D eigenvalue weighted by molar-refractivity contribution is 0.0770. The number of halogens is 1. The first-order valence-electron chi connectivity index (χ1n) is 6.81. The molecule has 19 heavy (non-hydrogen) atoms. The van der Waals surface area contributed by atoms with E-state index in [1.807, 2.05) is 25.1 Å². The highest BCUT2D eigenvalue weighted by Gasteiger charge is 1.98. The van der Waals surface area contributed by atoms with Crippen LogP contribution in [-0.4, -0.2) is 32.4 Å². The van der Waals surface area contributed by atoms with Gasteiger partial charge >= 0.3 is 0 Å². The molecular formula is C15H24ClNO2. The van der Waals surface area contributed by atoms with Gasteiger partial charge < -0.3 is 14.8 Å². The molecule has 1 N–H and O–H groups in total. The Balaban J connectivity index is 2.03. The zero-order chi connectivity index (χ0) is 14.1. The molecule has 0 aliphatic heterocycles. The molecule has 4 heteroatoms. The minimum atomic E-state index is 0.316. The molecule has 1 rings (SSSR count). The molecule has 0 spiro atoms. The largest absolute Gasteiger partial charge is 0.492 e. The van der Waals surface area contributed by atoms with E-state index in [-0.39, 0.29) is 0 Å². The first kappa shape index (κ1) is 16.3. The van der Waals surface area contributed by atoms with E-state index in [1.165, 1.54) is 0 Å². The molecule has 0 saturated carbocycles. The van der Waals surface area contributed by atoms with E-state index in [4.69, 9.17) is 21.1 Å². The fourth-order valence-corrected chi connectivity index (χ4v) is 1.71. The molecule has 0 bridgehead atoms. The van der Waals surface area contributed by atoms with Crippen molar-refractivity contribution >= 4 is 11.6 Å². The fraction of sp³-hybridized carbons (Fsp3) is 0.600. The highest BCUT2D eigenvalue weighted by atomic mass is 35.5. The lowest BCUT2D eigenvalue weighted by atomic mass is 10.2. The Bertz CT molecular complexity index is 369. The molecule has 108 valence electrons. The van der Waals surface area contributed by atoms with Crippen LogP contribution < -0.4 is 10.1 Å². The van der Waals surface area contributed by atoms with Gasteiger partial charge in [-0.15, -0.1) is 0 Å². The van der Waals surface area contributed by atoms with Crippen molar-refractivity contribution in [1.29, 1.82) is 0 Å². The van der Waals surface area contributed by atoms with Crippen LogP contribution in [0.15, 0.2) is 18.2 Å². The number of hydrogen-bond donors (Lipinski definition) is 1. The van der Waals surface area contributed by atoms with Gasteiger partial charge in [-0.1, -0.05) is 11.6 Å². The van der Waals surface area contributed by atoms with Gasteiger partial charge in [-0.25, -0.2) is 0 Å². The smallest absolute Gasteiger partial charge is 0.119 e. The predicted octanol–water partition coefficient (Wildman–Crippen LogP) is 3.43. The molecule has 0 heterocycles. The molecule has 3 nitrogen and oxygen atoms in total. The van der Waals surface area contributed by atoms with Gasteiger partial charge in [0.05, 0.1) is 6.10 Å². The van der Waals surface area contributed by atoms with Gasteiger partial charge in [0.1, 0.15) is 12.4 Å². The maximum atomic E-state index is 5.96. The summed E-state index contributed by atoms with van der Waals surface area (Å²) in [5, 5.41) is 4.10. The summed E-state index contributed by atoms with van der Waals surface area (Å²) in [4.78, 5) is 0. The van der Waals surface area contributed by atoms with Gasteiger partial charge in [0.15, 0.2) is 0 Å². The van der Waals surface area contributed by atoms with E-state index in [9.17, 15) is 0 Å². The minimum Gasteiger partial charge on any atom is -0.492 e. The maximum Gasteiger partial charge on any atom is 0.119 e. The number of nitrogens with one attached hydrogen (secondary N) is 1. The summed E-state index contributed by atoms with van der Waals surface area (Å²) in [7, 11) is 0. The van der Waals surface area contributed by atoms with E-state index in [0.717, 1.165) is 42.5 Å². The lowest BCUT2D eigenvalue weighted by Crippen LogP contribution is -2.23. The molecule has 0 aliphatic rings. The highest BCUT2D eigenvalue weighted by Crippen LogP contribution is 2.20. The van der Waals surface area contributed by atoms with Gasteiger partial charge in [-0.3, -0.25) is 0 Å². The molecule has 0 aromatic heterocycles.